The van der Waals surface area contributed by atoms with Gasteiger partial charge in [0.2, 0.25) is 0 Å². The van der Waals surface area contributed by atoms with E-state index in [1.165, 1.54) is 6.92 Å². The summed E-state index contributed by atoms with van der Waals surface area (Å²) in [5.74, 6) is 0. The maximum atomic E-state index is 8.11. The molecule has 0 radical (unpaired) electrons. The van der Waals surface area contributed by atoms with Gasteiger partial charge in [0.25, 0.3) is 0 Å². The van der Waals surface area contributed by atoms with Crippen molar-refractivity contribution in [2.24, 2.45) is 11.5 Å². The van der Waals surface area contributed by atoms with Crippen LogP contribution in [0.2, 0.25) is 0 Å². The minimum atomic E-state index is -0.560. The molecule has 6 N–H and O–H groups in total. The van der Waals surface area contributed by atoms with Crippen molar-refractivity contribution in [3.05, 3.63) is 0 Å². The highest BCUT2D eigenvalue weighted by Gasteiger charge is 1.83. The van der Waals surface area contributed by atoms with E-state index in [2.05, 4.69) is 0 Å². The first-order valence-electron chi connectivity index (χ1n) is 2.88. The monoisotopic (exact) mass is 136 g/mol. The zero-order valence-electron chi connectivity index (χ0n) is 5.75. The maximum absolute atomic E-state index is 8.11. The van der Waals surface area contributed by atoms with Gasteiger partial charge in [-0.2, -0.15) is 0 Å². The Bertz CT molecular complexity index is 39.9. The number of hydrogen-bond acceptors (Lipinski definition) is 4. The number of hydrogen-bond donors (Lipinski definition) is 4. The van der Waals surface area contributed by atoms with Crippen molar-refractivity contribution in [1.29, 1.82) is 0 Å². The van der Waals surface area contributed by atoms with Gasteiger partial charge in [-0.15, -0.1) is 0 Å². The highest BCUT2D eigenvalue weighted by atomic mass is 16.3. The highest BCUT2D eigenvalue weighted by Crippen LogP contribution is 1.68. The second-order valence-corrected chi connectivity index (χ2v) is 1.61. The van der Waals surface area contributed by atoms with E-state index in [-0.39, 0.29) is 6.61 Å². The second kappa shape index (κ2) is 10.8. The summed E-state index contributed by atoms with van der Waals surface area (Å²) in [4.78, 5) is 0. The molecule has 0 saturated heterocycles. The van der Waals surface area contributed by atoms with Gasteiger partial charge in [-0.3, -0.25) is 0 Å². The van der Waals surface area contributed by atoms with E-state index in [0.29, 0.717) is 13.1 Å². The molecule has 4 nitrogen and oxygen atoms in total. The second-order valence-electron chi connectivity index (χ2n) is 1.61. The minimum absolute atomic E-state index is 0.139. The Balaban J connectivity index is 0. The standard InChI is InChI=1S/C3H8O2.C2H8N2/c1-3(5)2-4;3-1-2-4/h3-5H,2H2,1H3;1-4H2. The van der Waals surface area contributed by atoms with Gasteiger partial charge >= 0.3 is 0 Å². The van der Waals surface area contributed by atoms with Crippen LogP contribution in [0.4, 0.5) is 0 Å². The van der Waals surface area contributed by atoms with Crippen molar-refractivity contribution < 1.29 is 10.2 Å². The van der Waals surface area contributed by atoms with Crippen LogP contribution in [0.3, 0.4) is 0 Å². The van der Waals surface area contributed by atoms with Gasteiger partial charge in [0.05, 0.1) is 12.7 Å². The lowest BCUT2D eigenvalue weighted by atomic mass is 10.5. The van der Waals surface area contributed by atoms with Crippen molar-refractivity contribution in [2.75, 3.05) is 19.7 Å². The van der Waals surface area contributed by atoms with E-state index in [0.717, 1.165) is 0 Å². The SMILES string of the molecule is CC(O)CO.NCCN. The Morgan fingerprint density at radius 2 is 1.56 bits per heavy atom. The third kappa shape index (κ3) is 33.2. The summed E-state index contributed by atoms with van der Waals surface area (Å²) < 4.78 is 0. The third-order valence-corrected chi connectivity index (χ3v) is 0.431. The summed E-state index contributed by atoms with van der Waals surface area (Å²) in [6, 6.07) is 0. The van der Waals surface area contributed by atoms with Crippen molar-refractivity contribution in [2.45, 2.75) is 13.0 Å². The zero-order valence-corrected chi connectivity index (χ0v) is 5.75. The molecule has 58 valence electrons. The Hall–Kier alpha value is -0.160. The summed E-state index contributed by atoms with van der Waals surface area (Å²) >= 11 is 0. The van der Waals surface area contributed by atoms with Crippen LogP contribution in [-0.4, -0.2) is 36.0 Å². The molecule has 0 rings (SSSR count). The molecule has 0 aliphatic heterocycles. The van der Waals surface area contributed by atoms with Crippen LogP contribution in [0, 0.1) is 0 Å². The zero-order chi connectivity index (χ0) is 7.70. The van der Waals surface area contributed by atoms with Gasteiger partial charge in [-0.25, -0.2) is 0 Å². The molecule has 0 fully saturated rings. The molecule has 1 unspecified atom stereocenters. The summed E-state index contributed by atoms with van der Waals surface area (Å²) in [5, 5.41) is 16.0. The fraction of sp³-hybridized carbons (Fsp3) is 1.00. The quantitative estimate of drug-likeness (QED) is 0.363. The molecule has 0 heterocycles. The van der Waals surface area contributed by atoms with E-state index < -0.39 is 6.10 Å². The van der Waals surface area contributed by atoms with Crippen LogP contribution >= 0.6 is 0 Å². The van der Waals surface area contributed by atoms with E-state index in [4.69, 9.17) is 21.7 Å². The third-order valence-electron chi connectivity index (χ3n) is 0.431. The summed E-state index contributed by atoms with van der Waals surface area (Å²) in [6.45, 7) is 2.58. The van der Waals surface area contributed by atoms with Gasteiger partial charge in [-0.1, -0.05) is 0 Å². The van der Waals surface area contributed by atoms with Crippen LogP contribution in [-0.2, 0) is 0 Å². The fourth-order valence-electron chi connectivity index (χ4n) is 0. The van der Waals surface area contributed by atoms with Gasteiger partial charge in [0.15, 0.2) is 0 Å². The molecule has 0 aliphatic carbocycles. The highest BCUT2D eigenvalue weighted by molar-refractivity contribution is 4.34. The molecule has 0 saturated carbocycles. The first-order chi connectivity index (χ1) is 4.18. The van der Waals surface area contributed by atoms with Gasteiger partial charge in [0, 0.05) is 13.1 Å². The van der Waals surface area contributed by atoms with Crippen LogP contribution in [0.5, 0.6) is 0 Å². The van der Waals surface area contributed by atoms with Crippen LogP contribution < -0.4 is 11.5 Å². The first-order valence-corrected chi connectivity index (χ1v) is 2.88. The van der Waals surface area contributed by atoms with Crippen LogP contribution in [0.15, 0.2) is 0 Å². The van der Waals surface area contributed by atoms with E-state index in [9.17, 15) is 0 Å². The van der Waals surface area contributed by atoms with Gasteiger partial charge in [-0.05, 0) is 6.92 Å². The molecule has 9 heavy (non-hydrogen) atoms. The van der Waals surface area contributed by atoms with Crippen molar-refractivity contribution in [1.82, 2.24) is 0 Å². The number of aliphatic hydroxyl groups is 2. The number of rotatable bonds is 2. The maximum Gasteiger partial charge on any atom is 0.0742 e. The lowest BCUT2D eigenvalue weighted by Crippen LogP contribution is -2.11. The summed E-state index contributed by atoms with van der Waals surface area (Å²) in [6.07, 6.45) is -0.560. The molecule has 0 aromatic rings. The molecule has 0 aromatic carbocycles. The lowest BCUT2D eigenvalue weighted by molar-refractivity contribution is 0.110. The predicted octanol–water partition coefficient (Wildman–Crippen LogP) is -1.74. The van der Waals surface area contributed by atoms with Crippen molar-refractivity contribution >= 4 is 0 Å². The van der Waals surface area contributed by atoms with Gasteiger partial charge < -0.3 is 21.7 Å². The van der Waals surface area contributed by atoms with Gasteiger partial charge in [0.1, 0.15) is 0 Å². The first kappa shape index (κ1) is 11.6. The Labute approximate surface area is 55.5 Å². The Morgan fingerprint density at radius 3 is 1.56 bits per heavy atom. The Morgan fingerprint density at radius 1 is 1.33 bits per heavy atom. The number of nitrogens with two attached hydrogens (primary N) is 2. The number of aliphatic hydroxyl groups excluding tert-OH is 2. The lowest BCUT2D eigenvalue weighted by Gasteiger charge is -1.90. The fourth-order valence-corrected chi connectivity index (χ4v) is 0. The average Bonchev–Trinajstić information content (AvgIpc) is 1.89. The average molecular weight is 136 g/mol. The van der Waals surface area contributed by atoms with Crippen molar-refractivity contribution in [3.63, 3.8) is 0 Å². The largest absolute Gasteiger partial charge is 0.394 e. The molecule has 0 aliphatic rings. The molecular weight excluding hydrogens is 120 g/mol. The molecule has 0 spiro atoms. The van der Waals surface area contributed by atoms with Crippen molar-refractivity contribution in [3.8, 4) is 0 Å². The molecular formula is C5H16N2O2. The molecule has 0 amide bonds. The van der Waals surface area contributed by atoms with Crippen LogP contribution in [0.25, 0.3) is 0 Å². The molecule has 4 heteroatoms. The smallest absolute Gasteiger partial charge is 0.0742 e. The van der Waals surface area contributed by atoms with E-state index in [1.54, 1.807) is 0 Å². The van der Waals surface area contributed by atoms with E-state index >= 15 is 0 Å². The van der Waals surface area contributed by atoms with E-state index in [1.807, 2.05) is 0 Å². The summed E-state index contributed by atoms with van der Waals surface area (Å²) in [5.41, 5.74) is 9.81. The normalized spacial score (nSPS) is 11.7. The van der Waals surface area contributed by atoms with Crippen LogP contribution in [0.1, 0.15) is 6.92 Å². The molecule has 0 aromatic heterocycles. The molecule has 1 atom stereocenters. The summed E-state index contributed by atoms with van der Waals surface area (Å²) in [7, 11) is 0. The minimum Gasteiger partial charge on any atom is -0.394 e. The predicted molar refractivity (Wildman–Crippen MR) is 36.9 cm³/mol. The Kier molecular flexibility index (Phi) is 13.9. The topological polar surface area (TPSA) is 92.5 Å². The molecule has 0 bridgehead atoms.